The molecule has 1 heterocycles. The Morgan fingerprint density at radius 2 is 2.24 bits per heavy atom. The Morgan fingerprint density at radius 1 is 1.47 bits per heavy atom. The second-order valence-corrected chi connectivity index (χ2v) is 5.23. The number of esters is 1. The van der Waals surface area contributed by atoms with Gasteiger partial charge in [0.05, 0.1) is 5.56 Å². The van der Waals surface area contributed by atoms with Gasteiger partial charge in [0.2, 0.25) is 0 Å². The smallest absolute Gasteiger partial charge is 0.338 e. The van der Waals surface area contributed by atoms with Crippen LogP contribution in [0.2, 0.25) is 0 Å². The summed E-state index contributed by atoms with van der Waals surface area (Å²) >= 11 is 0. The summed E-state index contributed by atoms with van der Waals surface area (Å²) in [7, 11) is -3.58. The molecule has 0 radical (unpaired) electrons. The van der Waals surface area contributed by atoms with Crippen molar-refractivity contribution < 1.29 is 26.5 Å². The highest BCUT2D eigenvalue weighted by Crippen LogP contribution is 2.14. The van der Waals surface area contributed by atoms with Gasteiger partial charge in [-0.15, -0.1) is 0 Å². The third-order valence-corrected chi connectivity index (χ3v) is 3.43. The molecular weight excluding hydrogens is 251 g/mol. The first-order valence-electron chi connectivity index (χ1n) is 4.80. The van der Waals surface area contributed by atoms with E-state index in [0.717, 1.165) is 6.07 Å². The molecule has 0 saturated carbocycles. The van der Waals surface area contributed by atoms with Gasteiger partial charge < -0.3 is 4.74 Å². The Kier molecular flexibility index (Phi) is 3.12. The van der Waals surface area contributed by atoms with Gasteiger partial charge in [0.25, 0.3) is 10.1 Å². The Labute approximate surface area is 97.3 Å². The van der Waals surface area contributed by atoms with Gasteiger partial charge in [0.15, 0.2) is 0 Å². The van der Waals surface area contributed by atoms with Gasteiger partial charge in [0.1, 0.15) is 24.3 Å². The van der Waals surface area contributed by atoms with E-state index in [2.05, 4.69) is 4.18 Å². The molecule has 5 nitrogen and oxygen atoms in total. The second-order valence-electron chi connectivity index (χ2n) is 3.55. The molecule has 17 heavy (non-hydrogen) atoms. The fourth-order valence-corrected chi connectivity index (χ4v) is 2.48. The fraction of sp³-hybridized carbons (Fsp3) is 0.300. The van der Waals surface area contributed by atoms with E-state index in [1.807, 2.05) is 0 Å². The number of hydrogen-bond acceptors (Lipinski definition) is 5. The average molecular weight is 260 g/mol. The second kappa shape index (κ2) is 4.42. The molecule has 1 atom stereocenters. The third-order valence-electron chi connectivity index (χ3n) is 2.16. The van der Waals surface area contributed by atoms with Gasteiger partial charge >= 0.3 is 5.97 Å². The summed E-state index contributed by atoms with van der Waals surface area (Å²) in [6.45, 7) is -0.191. The molecule has 1 fully saturated rings. The number of rotatable bonds is 2. The summed E-state index contributed by atoms with van der Waals surface area (Å²) in [5, 5.41) is 0. The molecule has 1 unspecified atom stereocenters. The minimum Gasteiger partial charge on any atom is -0.455 e. The molecule has 1 aromatic carbocycles. The van der Waals surface area contributed by atoms with Gasteiger partial charge in [-0.1, -0.05) is 6.07 Å². The first kappa shape index (κ1) is 12.0. The van der Waals surface area contributed by atoms with E-state index in [9.17, 15) is 17.6 Å². The zero-order chi connectivity index (χ0) is 12.5. The topological polar surface area (TPSA) is 69.7 Å². The van der Waals surface area contributed by atoms with Crippen molar-refractivity contribution in [2.75, 3.05) is 12.4 Å². The molecule has 2 rings (SSSR count). The molecule has 1 saturated heterocycles. The zero-order valence-electron chi connectivity index (χ0n) is 8.63. The Hall–Kier alpha value is -1.47. The van der Waals surface area contributed by atoms with Crippen molar-refractivity contribution in [3.05, 3.63) is 35.6 Å². The van der Waals surface area contributed by atoms with Crippen LogP contribution in [0.5, 0.6) is 0 Å². The molecule has 92 valence electrons. The van der Waals surface area contributed by atoms with Crippen LogP contribution in [0.4, 0.5) is 4.39 Å². The molecule has 0 aromatic heterocycles. The molecule has 7 heteroatoms. The highest BCUT2D eigenvalue weighted by atomic mass is 32.2. The van der Waals surface area contributed by atoms with E-state index in [-0.39, 0.29) is 17.9 Å². The largest absolute Gasteiger partial charge is 0.455 e. The Morgan fingerprint density at radius 3 is 2.82 bits per heavy atom. The highest BCUT2D eigenvalue weighted by Gasteiger charge is 2.32. The van der Waals surface area contributed by atoms with Crippen LogP contribution in [0, 0.1) is 5.82 Å². The summed E-state index contributed by atoms with van der Waals surface area (Å²) < 4.78 is 44.0. The van der Waals surface area contributed by atoms with Crippen LogP contribution >= 0.6 is 0 Å². The van der Waals surface area contributed by atoms with E-state index < -0.39 is 28.0 Å². The van der Waals surface area contributed by atoms with Gasteiger partial charge in [0, 0.05) is 0 Å². The number of hydrogen-bond donors (Lipinski definition) is 0. The predicted molar refractivity (Wildman–Crippen MR) is 55.3 cm³/mol. The monoisotopic (exact) mass is 260 g/mol. The number of halogens is 1. The molecule has 1 aliphatic rings. The Balaban J connectivity index is 2.03. The zero-order valence-corrected chi connectivity index (χ0v) is 9.44. The fourth-order valence-electron chi connectivity index (χ4n) is 1.41. The third kappa shape index (κ3) is 3.01. The maximum absolute atomic E-state index is 12.8. The molecule has 1 aliphatic heterocycles. The van der Waals surface area contributed by atoms with Crippen LogP contribution in [0.1, 0.15) is 10.4 Å². The van der Waals surface area contributed by atoms with Crippen LogP contribution in [-0.4, -0.2) is 32.9 Å². The Bertz CT molecular complexity index is 539. The lowest BCUT2D eigenvalue weighted by atomic mass is 10.2. The van der Waals surface area contributed by atoms with Gasteiger partial charge in [-0.2, -0.15) is 8.42 Å². The van der Waals surface area contributed by atoms with E-state index in [1.54, 1.807) is 0 Å². The predicted octanol–water partition coefficient (Wildman–Crippen LogP) is 0.711. The standard InChI is InChI=1S/C10H9FO5S/c11-8-3-1-2-7(4-8)10(12)16-9-5-15-17(13,14)6-9/h1-4,9H,5-6H2. The normalized spacial score (nSPS) is 22.3. The van der Waals surface area contributed by atoms with Crippen LogP contribution in [0.3, 0.4) is 0 Å². The van der Waals surface area contributed by atoms with Gasteiger partial charge in [-0.3, -0.25) is 4.18 Å². The lowest BCUT2D eigenvalue weighted by Crippen LogP contribution is -2.21. The number of carbonyl (C=O) groups is 1. The SMILES string of the molecule is O=C(OC1COS(=O)(=O)C1)c1cccc(F)c1. The van der Waals surface area contributed by atoms with Crippen molar-refractivity contribution in [1.82, 2.24) is 0 Å². The summed E-state index contributed by atoms with van der Waals surface area (Å²) in [5.41, 5.74) is 0.0364. The van der Waals surface area contributed by atoms with Crippen LogP contribution in [-0.2, 0) is 19.0 Å². The number of carbonyl (C=O) groups excluding carboxylic acids is 1. The first-order valence-corrected chi connectivity index (χ1v) is 6.38. The van der Waals surface area contributed by atoms with Gasteiger partial charge in [-0.05, 0) is 18.2 Å². The quantitative estimate of drug-likeness (QED) is 0.578. The maximum Gasteiger partial charge on any atom is 0.338 e. The molecule has 0 spiro atoms. The van der Waals surface area contributed by atoms with Crippen LogP contribution < -0.4 is 0 Å². The average Bonchev–Trinajstić information content (AvgIpc) is 2.58. The van der Waals surface area contributed by atoms with Crippen molar-refractivity contribution in [3.8, 4) is 0 Å². The van der Waals surface area contributed by atoms with Crippen molar-refractivity contribution in [1.29, 1.82) is 0 Å². The van der Waals surface area contributed by atoms with Crippen LogP contribution in [0.25, 0.3) is 0 Å². The van der Waals surface area contributed by atoms with Crippen molar-refractivity contribution >= 4 is 16.1 Å². The van der Waals surface area contributed by atoms with E-state index in [0.29, 0.717) is 0 Å². The first-order chi connectivity index (χ1) is 7.96. The summed E-state index contributed by atoms with van der Waals surface area (Å²) in [5.74, 6) is -1.70. The molecule has 1 aromatic rings. The van der Waals surface area contributed by atoms with Crippen molar-refractivity contribution in [3.63, 3.8) is 0 Å². The lowest BCUT2D eigenvalue weighted by molar-refractivity contribution is 0.0302. The number of ether oxygens (including phenoxy) is 1. The maximum atomic E-state index is 12.8. The van der Waals surface area contributed by atoms with Crippen molar-refractivity contribution in [2.24, 2.45) is 0 Å². The van der Waals surface area contributed by atoms with E-state index >= 15 is 0 Å². The van der Waals surface area contributed by atoms with E-state index in [1.165, 1.54) is 18.2 Å². The number of benzene rings is 1. The highest BCUT2D eigenvalue weighted by molar-refractivity contribution is 7.87. The minimum absolute atomic E-state index is 0.0364. The molecule has 0 aliphatic carbocycles. The molecular formula is C10H9FO5S. The summed E-state index contributed by atoms with van der Waals surface area (Å²) in [4.78, 5) is 11.5. The summed E-state index contributed by atoms with van der Waals surface area (Å²) in [6.07, 6.45) is -0.837. The lowest BCUT2D eigenvalue weighted by Gasteiger charge is -2.08. The molecule has 0 N–H and O–H groups in total. The van der Waals surface area contributed by atoms with Crippen molar-refractivity contribution in [2.45, 2.75) is 6.10 Å². The van der Waals surface area contributed by atoms with Gasteiger partial charge in [-0.25, -0.2) is 9.18 Å². The minimum atomic E-state index is -3.58. The molecule has 0 amide bonds. The summed E-state index contributed by atoms with van der Waals surface area (Å²) in [6, 6.07) is 4.97. The van der Waals surface area contributed by atoms with E-state index in [4.69, 9.17) is 4.74 Å². The van der Waals surface area contributed by atoms with Crippen LogP contribution in [0.15, 0.2) is 24.3 Å². The molecule has 0 bridgehead atoms.